The van der Waals surface area contributed by atoms with Crippen molar-refractivity contribution in [3.63, 3.8) is 0 Å². The van der Waals surface area contributed by atoms with Crippen LogP contribution in [0.4, 0.5) is 17.1 Å². The van der Waals surface area contributed by atoms with E-state index in [9.17, 15) is 0 Å². The van der Waals surface area contributed by atoms with Gasteiger partial charge in [0.1, 0.15) is 5.82 Å². The molecule has 3 heterocycles. The van der Waals surface area contributed by atoms with Gasteiger partial charge in [0.2, 0.25) is 0 Å². The van der Waals surface area contributed by atoms with Gasteiger partial charge in [0.15, 0.2) is 0 Å². The third-order valence-corrected chi connectivity index (χ3v) is 5.77. The summed E-state index contributed by atoms with van der Waals surface area (Å²) in [6.07, 6.45) is 4.55. The largest absolute Gasteiger partial charge is 0.306 e. The summed E-state index contributed by atoms with van der Waals surface area (Å²) in [5.74, 6) is 1.08. The molecule has 0 aliphatic carbocycles. The number of rotatable bonds is 3. The number of hydrogen-bond donors (Lipinski definition) is 0. The molecule has 0 unspecified atom stereocenters. The summed E-state index contributed by atoms with van der Waals surface area (Å²) in [7, 11) is 0. The Kier molecular flexibility index (Phi) is 3.71. The molecule has 1 aliphatic rings. The van der Waals surface area contributed by atoms with Crippen LogP contribution in [-0.2, 0) is 6.42 Å². The Morgan fingerprint density at radius 1 is 0.733 bits per heavy atom. The Bertz CT molecular complexity index is 1370. The van der Waals surface area contributed by atoms with Crippen LogP contribution < -0.4 is 4.90 Å². The van der Waals surface area contributed by atoms with Crippen molar-refractivity contribution in [3.8, 4) is 16.8 Å². The standard InChI is InChI=1S/C26H20N4/c1-2-25-28-21-9-6-10-23-26(21)30(25)24-17-19(18-13-15-27-16-14-18)11-12-22(24)29(23)20-7-4-3-5-8-20/h3-17H,2H2,1H3. The Balaban J connectivity index is 1.70. The van der Waals surface area contributed by atoms with Crippen molar-refractivity contribution in [2.45, 2.75) is 13.3 Å². The summed E-state index contributed by atoms with van der Waals surface area (Å²) in [5.41, 5.74) is 9.16. The van der Waals surface area contributed by atoms with Crippen LogP contribution in [0.5, 0.6) is 0 Å². The van der Waals surface area contributed by atoms with Crippen molar-refractivity contribution < 1.29 is 0 Å². The first-order chi connectivity index (χ1) is 14.8. The molecule has 0 saturated heterocycles. The highest BCUT2D eigenvalue weighted by molar-refractivity contribution is 6.01. The molecule has 0 fully saturated rings. The van der Waals surface area contributed by atoms with E-state index in [-0.39, 0.29) is 0 Å². The maximum Gasteiger partial charge on any atom is 0.114 e. The van der Waals surface area contributed by atoms with Crippen molar-refractivity contribution in [1.29, 1.82) is 0 Å². The SMILES string of the molecule is CCc1nc2cccc3c2n1-c1cc(-c2ccncc2)ccc1N3c1ccccc1. The van der Waals surface area contributed by atoms with E-state index >= 15 is 0 Å². The fourth-order valence-electron chi connectivity index (χ4n) is 4.43. The van der Waals surface area contributed by atoms with Gasteiger partial charge in [-0.05, 0) is 59.7 Å². The van der Waals surface area contributed by atoms with Crippen molar-refractivity contribution in [1.82, 2.24) is 14.5 Å². The van der Waals surface area contributed by atoms with E-state index in [0.717, 1.165) is 51.6 Å². The number of fused-ring (bicyclic) bond motifs is 2. The molecule has 4 heteroatoms. The van der Waals surface area contributed by atoms with Crippen LogP contribution >= 0.6 is 0 Å². The van der Waals surface area contributed by atoms with Gasteiger partial charge in [0.25, 0.3) is 0 Å². The zero-order chi connectivity index (χ0) is 20.1. The number of aromatic nitrogens is 3. The van der Waals surface area contributed by atoms with Crippen molar-refractivity contribution in [2.75, 3.05) is 4.90 Å². The second-order valence-corrected chi connectivity index (χ2v) is 7.47. The quantitative estimate of drug-likeness (QED) is 0.350. The molecular formula is C26H20N4. The molecule has 0 bridgehead atoms. The van der Waals surface area contributed by atoms with Gasteiger partial charge in [-0.3, -0.25) is 9.55 Å². The summed E-state index contributed by atoms with van der Waals surface area (Å²) in [6.45, 7) is 2.17. The van der Waals surface area contributed by atoms with Gasteiger partial charge in [0.05, 0.1) is 28.1 Å². The van der Waals surface area contributed by atoms with Crippen LogP contribution in [0, 0.1) is 0 Å². The highest BCUT2D eigenvalue weighted by Gasteiger charge is 2.28. The number of aryl methyl sites for hydroxylation is 1. The van der Waals surface area contributed by atoms with E-state index in [1.165, 1.54) is 5.56 Å². The minimum absolute atomic E-state index is 0.873. The number of nitrogens with zero attached hydrogens (tertiary/aromatic N) is 4. The van der Waals surface area contributed by atoms with Gasteiger partial charge in [0, 0.05) is 24.5 Å². The molecule has 4 nitrogen and oxygen atoms in total. The van der Waals surface area contributed by atoms with Crippen LogP contribution in [0.2, 0.25) is 0 Å². The molecule has 6 rings (SSSR count). The van der Waals surface area contributed by atoms with Gasteiger partial charge in [-0.15, -0.1) is 0 Å². The third kappa shape index (κ3) is 2.40. The average Bonchev–Trinajstić information content (AvgIpc) is 3.20. The Labute approximate surface area is 175 Å². The first-order valence-electron chi connectivity index (χ1n) is 10.3. The predicted molar refractivity (Wildman–Crippen MR) is 122 cm³/mol. The average molecular weight is 388 g/mol. The number of benzene rings is 3. The van der Waals surface area contributed by atoms with Crippen molar-refractivity contribution >= 4 is 28.1 Å². The maximum atomic E-state index is 4.96. The predicted octanol–water partition coefficient (Wildman–Crippen LogP) is 6.43. The normalized spacial score (nSPS) is 12.2. The lowest BCUT2D eigenvalue weighted by molar-refractivity contribution is 0.900. The highest BCUT2D eigenvalue weighted by Crippen LogP contribution is 2.47. The van der Waals surface area contributed by atoms with Crippen molar-refractivity contribution in [3.05, 3.63) is 97.1 Å². The minimum Gasteiger partial charge on any atom is -0.306 e. The van der Waals surface area contributed by atoms with Gasteiger partial charge < -0.3 is 4.90 Å². The second-order valence-electron chi connectivity index (χ2n) is 7.47. The maximum absolute atomic E-state index is 4.96. The number of imidazole rings is 1. The molecule has 0 N–H and O–H groups in total. The molecule has 0 atom stereocenters. The van der Waals surface area contributed by atoms with Crippen LogP contribution in [0.15, 0.2) is 91.3 Å². The molecule has 144 valence electrons. The lowest BCUT2D eigenvalue weighted by Gasteiger charge is -2.33. The fourth-order valence-corrected chi connectivity index (χ4v) is 4.43. The van der Waals surface area contributed by atoms with E-state index in [4.69, 9.17) is 4.98 Å². The molecule has 30 heavy (non-hydrogen) atoms. The first kappa shape index (κ1) is 17.0. The van der Waals surface area contributed by atoms with Gasteiger partial charge in [-0.2, -0.15) is 0 Å². The van der Waals surface area contributed by atoms with E-state index in [2.05, 4.69) is 100 Å². The lowest BCUT2D eigenvalue weighted by atomic mass is 10.0. The third-order valence-electron chi connectivity index (χ3n) is 5.77. The molecule has 2 aromatic heterocycles. The highest BCUT2D eigenvalue weighted by atomic mass is 15.2. The topological polar surface area (TPSA) is 34.0 Å². The summed E-state index contributed by atoms with van der Waals surface area (Å²) < 4.78 is 2.34. The van der Waals surface area contributed by atoms with Gasteiger partial charge >= 0.3 is 0 Å². The molecule has 0 amide bonds. The van der Waals surface area contributed by atoms with E-state index in [0.29, 0.717) is 0 Å². The van der Waals surface area contributed by atoms with E-state index in [1.54, 1.807) is 0 Å². The molecular weight excluding hydrogens is 368 g/mol. The van der Waals surface area contributed by atoms with Crippen molar-refractivity contribution in [2.24, 2.45) is 0 Å². The summed E-state index contributed by atoms with van der Waals surface area (Å²) >= 11 is 0. The fraction of sp³-hybridized carbons (Fsp3) is 0.0769. The van der Waals surface area contributed by atoms with Crippen LogP contribution in [0.3, 0.4) is 0 Å². The zero-order valence-electron chi connectivity index (χ0n) is 16.7. The van der Waals surface area contributed by atoms with Crippen LogP contribution in [0.1, 0.15) is 12.7 Å². The molecule has 0 saturated carbocycles. The second kappa shape index (κ2) is 6.56. The van der Waals surface area contributed by atoms with Crippen LogP contribution in [-0.4, -0.2) is 14.5 Å². The number of para-hydroxylation sites is 2. The Hall–Kier alpha value is -3.92. The molecule has 1 aliphatic heterocycles. The molecule has 0 spiro atoms. The van der Waals surface area contributed by atoms with E-state index < -0.39 is 0 Å². The number of anilines is 3. The molecule has 5 aromatic rings. The number of pyridine rings is 1. The number of hydrogen-bond acceptors (Lipinski definition) is 3. The van der Waals surface area contributed by atoms with E-state index in [1.807, 2.05) is 12.4 Å². The Morgan fingerprint density at radius 3 is 2.37 bits per heavy atom. The lowest BCUT2D eigenvalue weighted by Crippen LogP contribution is -2.19. The summed E-state index contributed by atoms with van der Waals surface area (Å²) in [4.78, 5) is 11.5. The molecule has 3 aromatic carbocycles. The summed E-state index contributed by atoms with van der Waals surface area (Å²) in [5, 5.41) is 0. The van der Waals surface area contributed by atoms with Crippen LogP contribution in [0.25, 0.3) is 27.8 Å². The van der Waals surface area contributed by atoms with Gasteiger partial charge in [-0.1, -0.05) is 37.3 Å². The summed E-state index contributed by atoms with van der Waals surface area (Å²) in [6, 6.07) is 27.7. The molecule has 0 radical (unpaired) electrons. The first-order valence-corrected chi connectivity index (χ1v) is 10.3. The Morgan fingerprint density at radius 2 is 1.57 bits per heavy atom. The monoisotopic (exact) mass is 388 g/mol. The minimum atomic E-state index is 0.873. The smallest absolute Gasteiger partial charge is 0.114 e. The van der Waals surface area contributed by atoms with Gasteiger partial charge in [-0.25, -0.2) is 4.98 Å². The zero-order valence-corrected chi connectivity index (χ0v) is 16.7.